The second kappa shape index (κ2) is 2.82. The summed E-state index contributed by atoms with van der Waals surface area (Å²) < 4.78 is 4.70. The Balaban J connectivity index is 2.99. The van der Waals surface area contributed by atoms with Gasteiger partial charge < -0.3 is 14.5 Å². The van der Waals surface area contributed by atoms with E-state index in [0.717, 1.165) is 0 Å². The minimum absolute atomic E-state index is 0.0532. The Morgan fingerprint density at radius 1 is 1.82 bits per heavy atom. The third-order valence-corrected chi connectivity index (χ3v) is 1.04. The Bertz CT molecular complexity index is 277. The van der Waals surface area contributed by atoms with Crippen LogP contribution in [0.4, 0.5) is 0 Å². The van der Waals surface area contributed by atoms with Gasteiger partial charge >= 0.3 is 5.84 Å². The first kappa shape index (κ1) is 7.26. The maximum absolute atomic E-state index is 10.2. The highest BCUT2D eigenvalue weighted by Gasteiger charge is 2.17. The summed E-state index contributed by atoms with van der Waals surface area (Å²) in [6.07, 6.45) is 1.31. The van der Waals surface area contributed by atoms with E-state index in [4.69, 9.17) is 10.3 Å². The van der Waals surface area contributed by atoms with Gasteiger partial charge in [-0.25, -0.2) is 5.84 Å². The molecule has 0 unspecified atom stereocenters. The molecular formula is C5H5N3O3. The van der Waals surface area contributed by atoms with Crippen molar-refractivity contribution < 1.29 is 9.34 Å². The van der Waals surface area contributed by atoms with Gasteiger partial charge in [-0.1, -0.05) is 0 Å². The molecule has 0 atom stereocenters. The minimum atomic E-state index is -0.709. The second-order valence-electron chi connectivity index (χ2n) is 1.69. The molecule has 0 radical (unpaired) electrons. The highest BCUT2D eigenvalue weighted by Crippen LogP contribution is 2.01. The van der Waals surface area contributed by atoms with Crippen molar-refractivity contribution in [3.63, 3.8) is 0 Å². The van der Waals surface area contributed by atoms with Crippen LogP contribution in [0.25, 0.3) is 0 Å². The zero-order chi connectivity index (χ0) is 8.27. The second-order valence-corrected chi connectivity index (χ2v) is 1.69. The van der Waals surface area contributed by atoms with Crippen LogP contribution in [0.2, 0.25) is 0 Å². The fourth-order valence-electron chi connectivity index (χ4n) is 0.607. The molecule has 0 amide bonds. The average Bonchev–Trinajstić information content (AvgIpc) is 2.40. The van der Waals surface area contributed by atoms with Crippen LogP contribution in [0.3, 0.4) is 0 Å². The lowest BCUT2D eigenvalue weighted by molar-refractivity contribution is -0.350. The molecule has 1 rings (SSSR count). The van der Waals surface area contributed by atoms with Gasteiger partial charge in [-0.05, 0) is 17.1 Å². The first-order chi connectivity index (χ1) is 5.25. The van der Waals surface area contributed by atoms with Crippen LogP contribution in [0.5, 0.6) is 0 Å². The molecule has 6 nitrogen and oxygen atoms in total. The maximum Gasteiger partial charge on any atom is 0.430 e. The molecule has 58 valence electrons. The summed E-state index contributed by atoms with van der Waals surface area (Å²) in [5.74, 6) is 4.33. The van der Waals surface area contributed by atoms with Gasteiger partial charge in [0.25, 0.3) is 0 Å². The normalized spacial score (nSPS) is 11.5. The molecule has 0 spiro atoms. The van der Waals surface area contributed by atoms with Gasteiger partial charge in [0.05, 0.1) is 11.4 Å². The summed E-state index contributed by atoms with van der Waals surface area (Å²) in [5, 5.41) is 13.1. The first-order valence-corrected chi connectivity index (χ1v) is 2.72. The molecule has 0 aromatic carbocycles. The minimum Gasteiger partial charge on any atom is -0.456 e. The summed E-state index contributed by atoms with van der Waals surface area (Å²) in [5.41, 5.74) is 0. The summed E-state index contributed by atoms with van der Waals surface area (Å²) in [6, 6.07) is 2.93. The lowest BCUT2D eigenvalue weighted by Gasteiger charge is -1.90. The number of amidine groups is 1. The molecule has 1 heterocycles. The summed E-state index contributed by atoms with van der Waals surface area (Å²) in [6.45, 7) is 0. The summed E-state index contributed by atoms with van der Waals surface area (Å²) in [7, 11) is 0. The van der Waals surface area contributed by atoms with Gasteiger partial charge in [0.1, 0.15) is 0 Å². The number of hydrogen-bond donors (Lipinski definition) is 1. The van der Waals surface area contributed by atoms with E-state index < -0.39 is 10.8 Å². The highest BCUT2D eigenvalue weighted by molar-refractivity contribution is 5.89. The zero-order valence-corrected chi connectivity index (χ0v) is 5.43. The topological polar surface area (TPSA) is 94.7 Å². The van der Waals surface area contributed by atoms with E-state index in [0.29, 0.717) is 0 Å². The number of nitrogens with zero attached hydrogens (tertiary/aromatic N) is 2. The lowest BCUT2D eigenvalue weighted by Crippen LogP contribution is -2.14. The number of nitrogens with two attached hydrogens (primary N) is 1. The lowest BCUT2D eigenvalue weighted by atomic mass is 10.4. The van der Waals surface area contributed by atoms with Crippen LogP contribution in [-0.4, -0.2) is 10.8 Å². The third-order valence-electron chi connectivity index (χ3n) is 1.04. The molecule has 0 saturated heterocycles. The maximum atomic E-state index is 10.2. The fourth-order valence-corrected chi connectivity index (χ4v) is 0.607. The SMILES string of the molecule is NN=C(c1ccco1)[N+](=O)[O-]. The van der Waals surface area contributed by atoms with Gasteiger partial charge in [-0.15, -0.1) is 0 Å². The van der Waals surface area contributed by atoms with Gasteiger partial charge in [0.15, 0.2) is 0 Å². The van der Waals surface area contributed by atoms with Gasteiger partial charge in [-0.2, -0.15) is 0 Å². The van der Waals surface area contributed by atoms with Crippen LogP contribution in [0.1, 0.15) is 5.76 Å². The third kappa shape index (κ3) is 1.34. The predicted octanol–water partition coefficient (Wildman–Crippen LogP) is 0.177. The number of furan rings is 1. The predicted molar refractivity (Wildman–Crippen MR) is 36.4 cm³/mol. The van der Waals surface area contributed by atoms with Crippen molar-refractivity contribution in [3.8, 4) is 0 Å². The molecule has 0 saturated carbocycles. The average molecular weight is 155 g/mol. The Kier molecular flexibility index (Phi) is 1.86. The van der Waals surface area contributed by atoms with Crippen molar-refractivity contribution in [1.82, 2.24) is 0 Å². The Morgan fingerprint density at radius 2 is 2.55 bits per heavy atom. The zero-order valence-electron chi connectivity index (χ0n) is 5.43. The molecule has 0 bridgehead atoms. The van der Waals surface area contributed by atoms with Crippen molar-refractivity contribution >= 4 is 5.84 Å². The molecule has 1 aromatic heterocycles. The number of hydrogen-bond acceptors (Lipinski definition) is 5. The molecule has 0 aliphatic carbocycles. The van der Waals surface area contributed by atoms with E-state index in [9.17, 15) is 10.1 Å². The van der Waals surface area contributed by atoms with Crippen LogP contribution in [-0.2, 0) is 0 Å². The largest absolute Gasteiger partial charge is 0.456 e. The molecule has 0 aliphatic heterocycles. The first-order valence-electron chi connectivity index (χ1n) is 2.72. The summed E-state index contributed by atoms with van der Waals surface area (Å²) >= 11 is 0. The highest BCUT2D eigenvalue weighted by atomic mass is 16.6. The van der Waals surface area contributed by atoms with E-state index in [2.05, 4.69) is 5.10 Å². The van der Waals surface area contributed by atoms with Gasteiger partial charge in [0.2, 0.25) is 5.76 Å². The van der Waals surface area contributed by atoms with E-state index >= 15 is 0 Å². The van der Waals surface area contributed by atoms with E-state index in [1.165, 1.54) is 18.4 Å². The standard InChI is InChI=1S/C5H5N3O3/c6-7-5(8(9)10)4-2-1-3-11-4/h1-3H,6H2. The van der Waals surface area contributed by atoms with Crippen LogP contribution in [0.15, 0.2) is 27.9 Å². The van der Waals surface area contributed by atoms with Crippen molar-refractivity contribution in [3.05, 3.63) is 34.3 Å². The van der Waals surface area contributed by atoms with Crippen LogP contribution < -0.4 is 5.84 Å². The Labute approximate surface area is 61.4 Å². The Morgan fingerprint density at radius 3 is 2.91 bits per heavy atom. The molecule has 0 aliphatic rings. The van der Waals surface area contributed by atoms with E-state index in [1.807, 2.05) is 0 Å². The number of rotatable bonds is 1. The van der Waals surface area contributed by atoms with E-state index in [1.54, 1.807) is 0 Å². The van der Waals surface area contributed by atoms with Crippen molar-refractivity contribution in [2.24, 2.45) is 10.9 Å². The molecule has 1 aromatic rings. The van der Waals surface area contributed by atoms with Crippen molar-refractivity contribution in [2.45, 2.75) is 0 Å². The Hall–Kier alpha value is -1.85. The van der Waals surface area contributed by atoms with Gasteiger partial charge in [0, 0.05) is 0 Å². The molecular weight excluding hydrogens is 150 g/mol. The number of hydrazone groups is 1. The fraction of sp³-hybridized carbons (Fsp3) is 0. The van der Waals surface area contributed by atoms with Gasteiger partial charge in [-0.3, -0.25) is 0 Å². The smallest absolute Gasteiger partial charge is 0.430 e. The van der Waals surface area contributed by atoms with Crippen LogP contribution in [0, 0.1) is 10.1 Å². The van der Waals surface area contributed by atoms with Crippen molar-refractivity contribution in [1.29, 1.82) is 0 Å². The van der Waals surface area contributed by atoms with Crippen molar-refractivity contribution in [2.75, 3.05) is 0 Å². The molecule has 2 N–H and O–H groups in total. The molecule has 11 heavy (non-hydrogen) atoms. The molecule has 6 heteroatoms. The van der Waals surface area contributed by atoms with E-state index in [-0.39, 0.29) is 5.76 Å². The quantitative estimate of drug-likeness (QED) is 0.205. The number of nitro groups is 1. The van der Waals surface area contributed by atoms with Crippen LogP contribution >= 0.6 is 0 Å². The monoisotopic (exact) mass is 155 g/mol. The summed E-state index contributed by atoms with van der Waals surface area (Å²) in [4.78, 5) is 9.45. The molecule has 0 fully saturated rings.